The summed E-state index contributed by atoms with van der Waals surface area (Å²) in [6, 6.07) is 10.8. The predicted molar refractivity (Wildman–Crippen MR) is 112 cm³/mol. The monoisotopic (exact) mass is 402 g/mol. The highest BCUT2D eigenvalue weighted by atomic mass is 19.1. The van der Waals surface area contributed by atoms with E-state index >= 15 is 0 Å². The number of nitrogens with zero attached hydrogens (tertiary/aromatic N) is 3. The highest BCUT2D eigenvalue weighted by Gasteiger charge is 2.25. The van der Waals surface area contributed by atoms with Gasteiger partial charge in [-0.3, -0.25) is 9.89 Å². The average Bonchev–Trinajstić information content (AvgIpc) is 3.14. The van der Waals surface area contributed by atoms with Crippen LogP contribution in [0.2, 0.25) is 0 Å². The van der Waals surface area contributed by atoms with E-state index < -0.39 is 0 Å². The van der Waals surface area contributed by atoms with Crippen molar-refractivity contribution in [1.29, 1.82) is 0 Å². The van der Waals surface area contributed by atoms with Crippen LogP contribution >= 0.6 is 0 Å². The Hall–Kier alpha value is -2.38. The van der Waals surface area contributed by atoms with Gasteiger partial charge in [-0.15, -0.1) is 0 Å². The highest BCUT2D eigenvalue weighted by molar-refractivity contribution is 5.79. The lowest BCUT2D eigenvalue weighted by Crippen LogP contribution is -2.42. The van der Waals surface area contributed by atoms with Crippen LogP contribution in [0.3, 0.4) is 0 Å². The van der Waals surface area contributed by atoms with Crippen LogP contribution in [-0.4, -0.2) is 62.2 Å². The van der Waals surface area contributed by atoms with E-state index in [1.165, 1.54) is 6.07 Å². The van der Waals surface area contributed by atoms with Gasteiger partial charge in [0.25, 0.3) is 0 Å². The number of benzene rings is 1. The van der Waals surface area contributed by atoms with Gasteiger partial charge in [0.2, 0.25) is 0 Å². The lowest BCUT2D eigenvalue weighted by molar-refractivity contribution is 0.0135. The molecule has 2 aromatic rings. The van der Waals surface area contributed by atoms with Crippen molar-refractivity contribution in [1.82, 2.24) is 15.1 Å². The van der Waals surface area contributed by atoms with Gasteiger partial charge in [-0.05, 0) is 43.7 Å². The zero-order chi connectivity index (χ0) is 20.6. The summed E-state index contributed by atoms with van der Waals surface area (Å²) in [5.41, 5.74) is 0.907. The van der Waals surface area contributed by atoms with Crippen LogP contribution in [0.4, 0.5) is 4.39 Å². The Kier molecular flexibility index (Phi) is 7.66. The fourth-order valence-corrected chi connectivity index (χ4v) is 3.53. The number of hydrogen-bond acceptors (Lipinski definition) is 4. The topological polar surface area (TPSA) is 53.2 Å². The van der Waals surface area contributed by atoms with Crippen molar-refractivity contribution in [3.05, 3.63) is 59.3 Å². The van der Waals surface area contributed by atoms with Crippen molar-refractivity contribution in [2.45, 2.75) is 26.4 Å². The zero-order valence-corrected chi connectivity index (χ0v) is 17.5. The molecule has 0 radical (unpaired) electrons. The Morgan fingerprint density at radius 1 is 1.28 bits per heavy atom. The highest BCUT2D eigenvalue weighted by Crippen LogP contribution is 2.24. The minimum atomic E-state index is -0.224. The van der Waals surface area contributed by atoms with Gasteiger partial charge in [0.05, 0.1) is 25.8 Å². The zero-order valence-electron chi connectivity index (χ0n) is 17.5. The summed E-state index contributed by atoms with van der Waals surface area (Å²) in [6.07, 6.45) is 0. The van der Waals surface area contributed by atoms with E-state index in [1.807, 2.05) is 44.0 Å². The molecule has 0 amide bonds. The van der Waals surface area contributed by atoms with Crippen molar-refractivity contribution in [2.24, 2.45) is 4.99 Å². The first-order valence-electron chi connectivity index (χ1n) is 10.2. The molecule has 1 fully saturated rings. The average molecular weight is 403 g/mol. The first-order valence-corrected chi connectivity index (χ1v) is 10.2. The number of rotatable bonds is 7. The van der Waals surface area contributed by atoms with Crippen LogP contribution in [0.15, 0.2) is 45.8 Å². The van der Waals surface area contributed by atoms with Gasteiger partial charge in [0, 0.05) is 33.2 Å². The molecule has 1 aliphatic heterocycles. The molecule has 29 heavy (non-hydrogen) atoms. The van der Waals surface area contributed by atoms with Crippen LogP contribution in [0, 0.1) is 12.7 Å². The molecule has 1 aromatic heterocycles. The number of aliphatic imine (C=N–C) groups is 1. The summed E-state index contributed by atoms with van der Waals surface area (Å²) in [5, 5.41) is 3.34. The molecule has 0 spiro atoms. The number of nitrogens with one attached hydrogen (secondary N) is 1. The number of morpholine rings is 1. The van der Waals surface area contributed by atoms with Crippen molar-refractivity contribution >= 4 is 5.96 Å². The molecule has 2 heterocycles. The number of guanidine groups is 1. The molecule has 7 heteroatoms. The van der Waals surface area contributed by atoms with E-state index in [4.69, 9.17) is 14.1 Å². The molecule has 3 rings (SSSR count). The van der Waals surface area contributed by atoms with Crippen LogP contribution in [-0.2, 0) is 11.3 Å². The number of hydrogen-bond donors (Lipinski definition) is 1. The van der Waals surface area contributed by atoms with E-state index in [0.717, 1.165) is 55.9 Å². The smallest absolute Gasteiger partial charge is 0.194 e. The maximum atomic E-state index is 13.5. The van der Waals surface area contributed by atoms with Gasteiger partial charge < -0.3 is 19.4 Å². The van der Waals surface area contributed by atoms with E-state index in [-0.39, 0.29) is 11.9 Å². The second-order valence-corrected chi connectivity index (χ2v) is 7.29. The van der Waals surface area contributed by atoms with E-state index in [2.05, 4.69) is 10.2 Å². The second kappa shape index (κ2) is 10.4. The van der Waals surface area contributed by atoms with Crippen molar-refractivity contribution in [2.75, 3.05) is 46.4 Å². The summed E-state index contributed by atoms with van der Waals surface area (Å²) < 4.78 is 25.0. The molecule has 1 unspecified atom stereocenters. The second-order valence-electron chi connectivity index (χ2n) is 7.29. The first kappa shape index (κ1) is 21.3. The molecular formula is C22H31FN4O2. The summed E-state index contributed by atoms with van der Waals surface area (Å²) in [5.74, 6) is 2.39. The van der Waals surface area contributed by atoms with Gasteiger partial charge in [0.1, 0.15) is 17.3 Å². The number of furan rings is 1. The van der Waals surface area contributed by atoms with Gasteiger partial charge in [-0.25, -0.2) is 4.39 Å². The first-order chi connectivity index (χ1) is 14.1. The minimum Gasteiger partial charge on any atom is -0.465 e. The fourth-order valence-electron chi connectivity index (χ4n) is 3.53. The van der Waals surface area contributed by atoms with E-state index in [1.54, 1.807) is 12.1 Å². The number of halogens is 1. The van der Waals surface area contributed by atoms with Gasteiger partial charge in [-0.1, -0.05) is 12.1 Å². The molecule has 1 atom stereocenters. The Labute approximate surface area is 172 Å². The molecule has 0 bridgehead atoms. The molecule has 1 aliphatic rings. The molecular weight excluding hydrogens is 371 g/mol. The number of aryl methyl sites for hydroxylation is 1. The Morgan fingerprint density at radius 2 is 2.07 bits per heavy atom. The quantitative estimate of drug-likeness (QED) is 0.569. The molecule has 0 aliphatic carbocycles. The van der Waals surface area contributed by atoms with Crippen molar-refractivity contribution in [3.8, 4) is 0 Å². The summed E-state index contributed by atoms with van der Waals surface area (Å²) >= 11 is 0. The Morgan fingerprint density at radius 3 is 2.72 bits per heavy atom. The predicted octanol–water partition coefficient (Wildman–Crippen LogP) is 3.20. The third-order valence-corrected chi connectivity index (χ3v) is 5.00. The van der Waals surface area contributed by atoms with Gasteiger partial charge in [-0.2, -0.15) is 0 Å². The normalized spacial score (nSPS) is 16.6. The van der Waals surface area contributed by atoms with E-state index in [0.29, 0.717) is 13.1 Å². The summed E-state index contributed by atoms with van der Waals surface area (Å²) in [7, 11) is 1.97. The maximum Gasteiger partial charge on any atom is 0.194 e. The van der Waals surface area contributed by atoms with Crippen LogP contribution in [0.1, 0.15) is 30.0 Å². The fraction of sp³-hybridized carbons (Fsp3) is 0.500. The minimum absolute atomic E-state index is 0.0591. The molecule has 0 saturated carbocycles. The Balaban J connectivity index is 1.75. The van der Waals surface area contributed by atoms with Crippen molar-refractivity contribution in [3.63, 3.8) is 0 Å². The van der Waals surface area contributed by atoms with Gasteiger partial charge >= 0.3 is 0 Å². The molecule has 1 saturated heterocycles. The van der Waals surface area contributed by atoms with Crippen LogP contribution < -0.4 is 5.32 Å². The third kappa shape index (κ3) is 6.05. The van der Waals surface area contributed by atoms with Crippen molar-refractivity contribution < 1.29 is 13.5 Å². The summed E-state index contributed by atoms with van der Waals surface area (Å²) in [6.45, 7) is 9.06. The standard InChI is InChI=1S/C22H31FN4O2/c1-4-24-22(26(3)16-18-6-5-7-19(23)14-18)25-15-20(21-9-8-17(2)29-21)27-10-12-28-13-11-27/h5-9,14,20H,4,10-13,15-16H2,1-3H3,(H,24,25). The summed E-state index contributed by atoms with van der Waals surface area (Å²) in [4.78, 5) is 9.27. The lowest BCUT2D eigenvalue weighted by atomic mass is 10.1. The molecule has 1 aromatic carbocycles. The van der Waals surface area contributed by atoms with Gasteiger partial charge in [0.15, 0.2) is 5.96 Å². The third-order valence-electron chi connectivity index (χ3n) is 5.00. The van der Waals surface area contributed by atoms with E-state index in [9.17, 15) is 4.39 Å². The number of ether oxygens (including phenoxy) is 1. The molecule has 6 nitrogen and oxygen atoms in total. The maximum absolute atomic E-state index is 13.5. The van der Waals surface area contributed by atoms with Crippen LogP contribution in [0.25, 0.3) is 0 Å². The van der Waals surface area contributed by atoms with Crippen LogP contribution in [0.5, 0.6) is 0 Å². The Bertz CT molecular complexity index is 802. The molecule has 158 valence electrons. The lowest BCUT2D eigenvalue weighted by Gasteiger charge is -2.33. The largest absolute Gasteiger partial charge is 0.465 e. The molecule has 1 N–H and O–H groups in total. The SMILES string of the molecule is CCNC(=NCC(c1ccc(C)o1)N1CCOCC1)N(C)Cc1cccc(F)c1.